The second-order valence-electron chi connectivity index (χ2n) is 5.10. The number of halogens is 2. The number of nitrogens with one attached hydrogen (secondary N) is 1. The van der Waals surface area contributed by atoms with Crippen molar-refractivity contribution in [3.05, 3.63) is 46.1 Å². The Morgan fingerprint density at radius 3 is 2.68 bits per heavy atom. The number of hydrogen-bond acceptors (Lipinski definition) is 2. The Hall–Kier alpha value is -1.45. The van der Waals surface area contributed by atoms with Crippen LogP contribution in [0.25, 0.3) is 11.3 Å². The fraction of sp³-hybridized carbons (Fsp3) is 0.353. The Morgan fingerprint density at radius 1 is 1.14 bits per heavy atom. The van der Waals surface area contributed by atoms with E-state index >= 15 is 0 Å². The molecule has 0 aliphatic carbocycles. The molecule has 0 unspecified atom stereocenters. The van der Waals surface area contributed by atoms with Gasteiger partial charge in [0.2, 0.25) is 0 Å². The monoisotopic (exact) mass is 339 g/mol. The van der Waals surface area contributed by atoms with Crippen molar-refractivity contribution in [3.8, 4) is 11.3 Å². The van der Waals surface area contributed by atoms with E-state index in [1.807, 2.05) is 0 Å². The number of carbonyl (C=O) groups excluding carboxylic acids is 1. The Morgan fingerprint density at radius 2 is 1.95 bits per heavy atom. The minimum atomic E-state index is -0.201. The summed E-state index contributed by atoms with van der Waals surface area (Å²) in [4.78, 5) is 12.0. The van der Waals surface area contributed by atoms with Gasteiger partial charge in [0.1, 0.15) is 5.76 Å². The molecule has 2 aromatic rings. The first-order valence-corrected chi connectivity index (χ1v) is 8.21. The molecular formula is C17H19Cl2NO2. The van der Waals surface area contributed by atoms with E-state index in [1.165, 1.54) is 12.8 Å². The second kappa shape index (κ2) is 8.25. The number of amides is 1. The van der Waals surface area contributed by atoms with Crippen LogP contribution in [-0.4, -0.2) is 12.5 Å². The lowest BCUT2D eigenvalue weighted by atomic mass is 10.2. The van der Waals surface area contributed by atoms with E-state index in [0.29, 0.717) is 27.9 Å². The van der Waals surface area contributed by atoms with Crippen LogP contribution in [0.2, 0.25) is 10.0 Å². The third kappa shape index (κ3) is 4.52. The summed E-state index contributed by atoms with van der Waals surface area (Å²) < 4.78 is 5.59. The molecule has 0 saturated heterocycles. The van der Waals surface area contributed by atoms with E-state index < -0.39 is 0 Å². The summed E-state index contributed by atoms with van der Waals surface area (Å²) in [6, 6.07) is 8.55. The highest BCUT2D eigenvalue weighted by molar-refractivity contribution is 6.36. The number of rotatable bonds is 7. The molecular weight excluding hydrogens is 321 g/mol. The van der Waals surface area contributed by atoms with Gasteiger partial charge in [-0.25, -0.2) is 0 Å². The van der Waals surface area contributed by atoms with Crippen molar-refractivity contribution in [3.63, 3.8) is 0 Å². The van der Waals surface area contributed by atoms with Crippen molar-refractivity contribution < 1.29 is 9.21 Å². The molecule has 22 heavy (non-hydrogen) atoms. The predicted molar refractivity (Wildman–Crippen MR) is 90.6 cm³/mol. The van der Waals surface area contributed by atoms with Gasteiger partial charge < -0.3 is 9.73 Å². The van der Waals surface area contributed by atoms with E-state index in [2.05, 4.69) is 12.2 Å². The second-order valence-corrected chi connectivity index (χ2v) is 5.95. The lowest BCUT2D eigenvalue weighted by molar-refractivity contribution is 0.0926. The average molecular weight is 340 g/mol. The summed E-state index contributed by atoms with van der Waals surface area (Å²) in [6.45, 7) is 2.82. The van der Waals surface area contributed by atoms with Crippen molar-refractivity contribution in [1.82, 2.24) is 5.32 Å². The zero-order valence-electron chi connectivity index (χ0n) is 12.5. The molecule has 0 bridgehead atoms. The molecule has 1 N–H and O–H groups in total. The van der Waals surface area contributed by atoms with Crippen LogP contribution in [0.4, 0.5) is 0 Å². The third-order valence-corrected chi connectivity index (χ3v) is 3.89. The van der Waals surface area contributed by atoms with Crippen LogP contribution in [0, 0.1) is 0 Å². The van der Waals surface area contributed by atoms with Gasteiger partial charge in [0.05, 0.1) is 5.02 Å². The van der Waals surface area contributed by atoms with Crippen LogP contribution in [0.1, 0.15) is 43.2 Å². The lowest BCUT2D eigenvalue weighted by Crippen LogP contribution is -2.23. The van der Waals surface area contributed by atoms with Gasteiger partial charge in [-0.3, -0.25) is 4.79 Å². The summed E-state index contributed by atoms with van der Waals surface area (Å²) >= 11 is 12.0. The zero-order valence-corrected chi connectivity index (χ0v) is 14.0. The third-order valence-electron chi connectivity index (χ3n) is 3.34. The molecule has 0 fully saturated rings. The Balaban J connectivity index is 1.97. The van der Waals surface area contributed by atoms with Gasteiger partial charge in [0.15, 0.2) is 5.76 Å². The molecule has 0 aliphatic rings. The smallest absolute Gasteiger partial charge is 0.287 e. The maximum absolute atomic E-state index is 12.0. The van der Waals surface area contributed by atoms with Crippen LogP contribution in [0.5, 0.6) is 0 Å². The van der Waals surface area contributed by atoms with Crippen molar-refractivity contribution in [2.45, 2.75) is 32.6 Å². The maximum Gasteiger partial charge on any atom is 0.287 e. The minimum Gasteiger partial charge on any atom is -0.451 e. The van der Waals surface area contributed by atoms with Crippen LogP contribution < -0.4 is 5.32 Å². The highest BCUT2D eigenvalue weighted by Crippen LogP contribution is 2.31. The number of benzene rings is 1. The molecule has 1 amide bonds. The van der Waals surface area contributed by atoms with Crippen LogP contribution in [0.3, 0.4) is 0 Å². The SMILES string of the molecule is CCCCCCNC(=O)c1ccc(-c2ccc(Cl)cc2Cl)o1. The Labute approximate surface area is 140 Å². The summed E-state index contributed by atoms with van der Waals surface area (Å²) in [5.74, 6) is 0.641. The fourth-order valence-electron chi connectivity index (χ4n) is 2.13. The first kappa shape index (κ1) is 16.9. The molecule has 2 rings (SSSR count). The number of furan rings is 1. The molecule has 1 aromatic carbocycles. The van der Waals surface area contributed by atoms with Gasteiger partial charge in [-0.2, -0.15) is 0 Å². The molecule has 5 heteroatoms. The van der Waals surface area contributed by atoms with Gasteiger partial charge in [-0.05, 0) is 36.8 Å². The standard InChI is InChI=1S/C17H19Cl2NO2/c1-2-3-4-5-10-20-17(21)16-9-8-15(22-16)13-7-6-12(18)11-14(13)19/h6-9,11H,2-5,10H2,1H3,(H,20,21). The van der Waals surface area contributed by atoms with Gasteiger partial charge in [-0.15, -0.1) is 0 Å². The van der Waals surface area contributed by atoms with Gasteiger partial charge >= 0.3 is 0 Å². The first-order chi connectivity index (χ1) is 10.6. The topological polar surface area (TPSA) is 42.2 Å². The van der Waals surface area contributed by atoms with E-state index in [1.54, 1.807) is 30.3 Å². The molecule has 3 nitrogen and oxygen atoms in total. The minimum absolute atomic E-state index is 0.201. The normalized spacial score (nSPS) is 10.7. The van der Waals surface area contributed by atoms with Crippen molar-refractivity contribution in [2.24, 2.45) is 0 Å². The van der Waals surface area contributed by atoms with Crippen molar-refractivity contribution in [1.29, 1.82) is 0 Å². The summed E-state index contributed by atoms with van der Waals surface area (Å²) in [7, 11) is 0. The molecule has 1 aromatic heterocycles. The molecule has 118 valence electrons. The van der Waals surface area contributed by atoms with E-state index in [-0.39, 0.29) is 11.7 Å². The first-order valence-electron chi connectivity index (χ1n) is 7.45. The highest BCUT2D eigenvalue weighted by Gasteiger charge is 2.13. The van der Waals surface area contributed by atoms with Crippen molar-refractivity contribution in [2.75, 3.05) is 6.54 Å². The summed E-state index contributed by atoms with van der Waals surface area (Å²) in [5.41, 5.74) is 0.716. The quantitative estimate of drug-likeness (QED) is 0.670. The molecule has 0 spiro atoms. The van der Waals surface area contributed by atoms with Gasteiger partial charge in [0, 0.05) is 17.1 Å². The zero-order chi connectivity index (χ0) is 15.9. The van der Waals surface area contributed by atoms with Crippen LogP contribution in [0.15, 0.2) is 34.7 Å². The largest absolute Gasteiger partial charge is 0.451 e. The fourth-order valence-corrected chi connectivity index (χ4v) is 2.64. The van der Waals surface area contributed by atoms with E-state index in [4.69, 9.17) is 27.6 Å². The molecule has 0 aliphatic heterocycles. The summed E-state index contributed by atoms with van der Waals surface area (Å²) in [6.07, 6.45) is 4.48. The molecule has 0 radical (unpaired) electrons. The molecule has 0 saturated carbocycles. The summed E-state index contributed by atoms with van der Waals surface area (Å²) in [5, 5.41) is 3.91. The van der Waals surface area contributed by atoms with E-state index in [9.17, 15) is 4.79 Å². The van der Waals surface area contributed by atoms with Crippen molar-refractivity contribution >= 4 is 29.1 Å². The maximum atomic E-state index is 12.0. The highest BCUT2D eigenvalue weighted by atomic mass is 35.5. The van der Waals surface area contributed by atoms with E-state index in [0.717, 1.165) is 12.8 Å². The number of unbranched alkanes of at least 4 members (excludes halogenated alkanes) is 3. The molecule has 0 atom stereocenters. The van der Waals surface area contributed by atoms with Gasteiger partial charge in [0.25, 0.3) is 5.91 Å². The Kier molecular flexibility index (Phi) is 6.34. The average Bonchev–Trinajstić information content (AvgIpc) is 2.96. The predicted octanol–water partition coefficient (Wildman–Crippen LogP) is 5.56. The van der Waals surface area contributed by atoms with Crippen LogP contribution in [-0.2, 0) is 0 Å². The molecule has 1 heterocycles. The van der Waals surface area contributed by atoms with Crippen LogP contribution >= 0.6 is 23.2 Å². The van der Waals surface area contributed by atoms with Gasteiger partial charge in [-0.1, -0.05) is 49.4 Å². The Bertz CT molecular complexity index is 637. The number of carbonyl (C=O) groups is 1. The lowest BCUT2D eigenvalue weighted by Gasteiger charge is -2.03. The number of hydrogen-bond donors (Lipinski definition) is 1.